The number of sulfonamides is 1. The number of likely N-dealkylation sites (tertiary alicyclic amines) is 1. The molecule has 0 amide bonds. The van der Waals surface area contributed by atoms with Crippen molar-refractivity contribution in [2.75, 3.05) is 44.7 Å². The van der Waals surface area contributed by atoms with Gasteiger partial charge in [-0.3, -0.25) is 5.32 Å². The Kier molecular flexibility index (Phi) is 6.63. The zero-order chi connectivity index (χ0) is 24.6. The number of aromatic nitrogens is 2. The number of nitriles is 1. The number of anilines is 1. The van der Waals surface area contributed by atoms with Crippen LogP contribution in [-0.4, -0.2) is 79.5 Å². The summed E-state index contributed by atoms with van der Waals surface area (Å²) in [4.78, 5) is 14.0. The Bertz CT molecular complexity index is 1250. The first kappa shape index (κ1) is 23.9. The Hall–Kier alpha value is -2.78. The number of likely N-dealkylation sites (N-methyl/N-ethyl adjacent to an activating group) is 1. The van der Waals surface area contributed by atoms with E-state index in [-0.39, 0.29) is 25.1 Å². The minimum absolute atomic E-state index is 0.162. The van der Waals surface area contributed by atoms with Crippen molar-refractivity contribution in [2.24, 2.45) is 0 Å². The highest BCUT2D eigenvalue weighted by Gasteiger charge is 2.37. The quantitative estimate of drug-likeness (QED) is 0.630. The summed E-state index contributed by atoms with van der Waals surface area (Å²) in [6.07, 6.45) is 2.21. The zero-order valence-electron chi connectivity index (χ0n) is 20.1. The maximum absolute atomic E-state index is 13.5. The van der Waals surface area contributed by atoms with E-state index in [0.29, 0.717) is 54.3 Å². The highest BCUT2D eigenvalue weighted by atomic mass is 32.2. The van der Waals surface area contributed by atoms with Crippen molar-refractivity contribution in [2.45, 2.75) is 49.8 Å². The molecular weight excluding hydrogens is 466 g/mol. The Morgan fingerprint density at radius 1 is 1.23 bits per heavy atom. The van der Waals surface area contributed by atoms with Crippen molar-refractivity contribution in [3.05, 3.63) is 41.1 Å². The molecule has 2 saturated heterocycles. The van der Waals surface area contributed by atoms with Crippen molar-refractivity contribution in [1.29, 1.82) is 5.26 Å². The summed E-state index contributed by atoms with van der Waals surface area (Å²) in [5, 5.41) is 12.6. The molecule has 0 saturated carbocycles. The Morgan fingerprint density at radius 2 is 2.06 bits per heavy atom. The van der Waals surface area contributed by atoms with Crippen LogP contribution in [0.15, 0.2) is 29.2 Å². The van der Waals surface area contributed by atoms with Gasteiger partial charge < -0.3 is 14.5 Å². The number of nitrogens with one attached hydrogen (secondary N) is 1. The highest BCUT2D eigenvalue weighted by molar-refractivity contribution is 7.89. The van der Waals surface area contributed by atoms with Gasteiger partial charge in [0.1, 0.15) is 18.5 Å². The molecule has 1 aromatic heterocycles. The van der Waals surface area contributed by atoms with Crippen molar-refractivity contribution in [3.63, 3.8) is 0 Å². The van der Waals surface area contributed by atoms with Crippen molar-refractivity contribution < 1.29 is 13.2 Å². The highest BCUT2D eigenvalue weighted by Crippen LogP contribution is 2.35. The number of rotatable bonds is 6. The van der Waals surface area contributed by atoms with Gasteiger partial charge >= 0.3 is 6.01 Å². The van der Waals surface area contributed by atoms with Crippen LogP contribution in [0.4, 0.5) is 5.82 Å². The Morgan fingerprint density at radius 3 is 2.80 bits per heavy atom. The first-order valence-electron chi connectivity index (χ1n) is 12.0. The summed E-state index contributed by atoms with van der Waals surface area (Å²) in [6, 6.07) is 9.55. The minimum Gasteiger partial charge on any atom is -0.462 e. The molecular formula is C24H31N7O3S. The van der Waals surface area contributed by atoms with Gasteiger partial charge in [-0.05, 0) is 45.0 Å². The number of ether oxygens (including phenoxy) is 1. The topological polar surface area (TPSA) is 115 Å². The van der Waals surface area contributed by atoms with Crippen LogP contribution >= 0.6 is 0 Å². The van der Waals surface area contributed by atoms with Gasteiger partial charge in [0.15, 0.2) is 0 Å². The molecule has 2 fully saturated rings. The van der Waals surface area contributed by atoms with E-state index in [4.69, 9.17) is 9.72 Å². The molecule has 4 heterocycles. The third kappa shape index (κ3) is 4.71. The number of aryl methyl sites for hydroxylation is 1. The van der Waals surface area contributed by atoms with Gasteiger partial charge in [-0.1, -0.05) is 18.2 Å². The number of fused-ring (bicyclic) bond motifs is 1. The summed E-state index contributed by atoms with van der Waals surface area (Å²) in [5.74, 6) is 0.661. The molecule has 0 aliphatic carbocycles. The number of hydrogen-bond donors (Lipinski definition) is 1. The molecule has 2 aromatic rings. The molecule has 3 aliphatic heterocycles. The molecule has 5 rings (SSSR count). The van der Waals surface area contributed by atoms with Gasteiger partial charge in [0.2, 0.25) is 10.0 Å². The van der Waals surface area contributed by atoms with E-state index in [1.165, 1.54) is 4.31 Å². The fourth-order valence-electron chi connectivity index (χ4n) is 5.06. The lowest BCUT2D eigenvalue weighted by atomic mass is 10.2. The third-order valence-corrected chi connectivity index (χ3v) is 9.08. The average Bonchev–Trinajstić information content (AvgIpc) is 3.48. The SMILES string of the molecule is Cc1ccccc1S(=O)(=O)N1Cc2nc(OC[C@@H]3CCCN3C)nc(N3CCN[C@@H](C#N)C3)c2C1. The second-order valence-corrected chi connectivity index (χ2v) is 11.4. The Labute approximate surface area is 206 Å². The van der Waals surface area contributed by atoms with E-state index in [2.05, 4.69) is 28.3 Å². The largest absolute Gasteiger partial charge is 0.462 e. The standard InChI is InChI=1S/C24H31N7O3S/c1-17-6-3-4-8-22(17)35(32,33)31-14-20-21(15-31)27-24(34-16-19-7-5-10-29(19)2)28-23(20)30-11-9-26-18(12-25)13-30/h3-4,6,8,18-19,26H,5,7,9-11,13-16H2,1-2H3/t18-,19-/m0/s1. The van der Waals surface area contributed by atoms with E-state index in [1.54, 1.807) is 25.1 Å². The van der Waals surface area contributed by atoms with Gasteiger partial charge in [-0.15, -0.1) is 0 Å². The number of hydrogen-bond acceptors (Lipinski definition) is 9. The predicted octanol–water partition coefficient (Wildman–Crippen LogP) is 1.26. The summed E-state index contributed by atoms with van der Waals surface area (Å²) in [7, 11) is -1.62. The zero-order valence-corrected chi connectivity index (χ0v) is 21.0. The molecule has 0 radical (unpaired) electrons. The number of piperazine rings is 1. The molecule has 2 atom stereocenters. The smallest absolute Gasteiger partial charge is 0.318 e. The number of nitrogens with zero attached hydrogens (tertiary/aromatic N) is 6. The maximum atomic E-state index is 13.5. The van der Waals surface area contributed by atoms with Gasteiger partial charge in [0.05, 0.1) is 23.2 Å². The first-order valence-corrected chi connectivity index (χ1v) is 13.5. The van der Waals surface area contributed by atoms with Crippen molar-refractivity contribution >= 4 is 15.8 Å². The van der Waals surface area contributed by atoms with Crippen LogP contribution in [0.2, 0.25) is 0 Å². The van der Waals surface area contributed by atoms with E-state index in [9.17, 15) is 13.7 Å². The maximum Gasteiger partial charge on any atom is 0.318 e. The summed E-state index contributed by atoms with van der Waals surface area (Å²) >= 11 is 0. The van der Waals surface area contributed by atoms with Gasteiger partial charge in [0, 0.05) is 37.8 Å². The fraction of sp³-hybridized carbons (Fsp3) is 0.542. The third-order valence-electron chi connectivity index (χ3n) is 7.13. The molecule has 0 bridgehead atoms. The molecule has 3 aliphatic rings. The van der Waals surface area contributed by atoms with Gasteiger partial charge in [-0.2, -0.15) is 19.5 Å². The van der Waals surface area contributed by atoms with Crippen LogP contribution in [-0.2, 0) is 23.1 Å². The monoisotopic (exact) mass is 497 g/mol. The molecule has 0 spiro atoms. The second kappa shape index (κ2) is 9.70. The van der Waals surface area contributed by atoms with Gasteiger partial charge in [0.25, 0.3) is 0 Å². The van der Waals surface area contributed by atoms with E-state index < -0.39 is 10.0 Å². The van der Waals surface area contributed by atoms with E-state index in [1.807, 2.05) is 11.0 Å². The number of benzene rings is 1. The molecule has 0 unspecified atom stereocenters. The van der Waals surface area contributed by atoms with Crippen LogP contribution in [0.3, 0.4) is 0 Å². The summed E-state index contributed by atoms with van der Waals surface area (Å²) < 4.78 is 34.5. The lowest BCUT2D eigenvalue weighted by molar-refractivity contribution is 0.187. The Balaban J connectivity index is 1.46. The van der Waals surface area contributed by atoms with Crippen LogP contribution in [0.5, 0.6) is 6.01 Å². The summed E-state index contributed by atoms with van der Waals surface area (Å²) in [6.45, 7) is 5.46. The fourth-order valence-corrected chi connectivity index (χ4v) is 6.65. The molecule has 186 valence electrons. The van der Waals surface area contributed by atoms with E-state index in [0.717, 1.165) is 24.9 Å². The van der Waals surface area contributed by atoms with Crippen LogP contribution in [0.25, 0.3) is 0 Å². The molecule has 35 heavy (non-hydrogen) atoms. The second-order valence-electron chi connectivity index (χ2n) is 9.46. The summed E-state index contributed by atoms with van der Waals surface area (Å²) in [5.41, 5.74) is 2.15. The molecule has 1 aromatic carbocycles. The molecule has 10 nitrogen and oxygen atoms in total. The first-order chi connectivity index (χ1) is 16.9. The normalized spacial score (nSPS) is 23.3. The van der Waals surface area contributed by atoms with E-state index >= 15 is 0 Å². The van der Waals surface area contributed by atoms with Gasteiger partial charge in [-0.25, -0.2) is 8.42 Å². The predicted molar refractivity (Wildman–Crippen MR) is 130 cm³/mol. The average molecular weight is 498 g/mol. The van der Waals surface area contributed by atoms with Crippen molar-refractivity contribution in [3.8, 4) is 12.1 Å². The molecule has 1 N–H and O–H groups in total. The lowest BCUT2D eigenvalue weighted by Crippen LogP contribution is -2.50. The molecule has 11 heteroatoms. The van der Waals surface area contributed by atoms with Crippen LogP contribution in [0, 0.1) is 18.3 Å². The lowest BCUT2D eigenvalue weighted by Gasteiger charge is -2.32. The van der Waals surface area contributed by atoms with Crippen molar-refractivity contribution in [1.82, 2.24) is 24.5 Å². The van der Waals surface area contributed by atoms with Crippen LogP contribution < -0.4 is 15.0 Å². The van der Waals surface area contributed by atoms with Crippen LogP contribution in [0.1, 0.15) is 29.7 Å². The minimum atomic E-state index is -3.71.